The Labute approximate surface area is 104 Å². The third-order valence-electron chi connectivity index (χ3n) is 2.53. The zero-order valence-electron chi connectivity index (χ0n) is 9.24. The molecule has 94 valence electrons. The normalized spacial score (nSPS) is 14.5. The Morgan fingerprint density at radius 1 is 1.41 bits per heavy atom. The monoisotopic (exact) mass is 259 g/mol. The minimum atomic E-state index is -0.00651. The number of hydrogen-bond donors (Lipinski definition) is 2. The van der Waals surface area contributed by atoms with E-state index in [0.29, 0.717) is 36.7 Å². The maximum Gasteiger partial charge on any atom is 0.168 e. The fraction of sp³-hybridized carbons (Fsp3) is 0.455. The summed E-state index contributed by atoms with van der Waals surface area (Å²) in [5, 5.41) is 10.1. The summed E-state index contributed by atoms with van der Waals surface area (Å²) in [6.45, 7) is 1.38. The molecule has 1 aromatic rings. The molecule has 17 heavy (non-hydrogen) atoms. The first-order chi connectivity index (χ1) is 8.24. The maximum absolute atomic E-state index is 9.91. The van der Waals surface area contributed by atoms with Gasteiger partial charge >= 0.3 is 0 Å². The third kappa shape index (κ3) is 2.57. The molecule has 1 aromatic carbocycles. The van der Waals surface area contributed by atoms with Crippen LogP contribution in [0, 0.1) is 0 Å². The van der Waals surface area contributed by atoms with E-state index in [4.69, 9.17) is 27.0 Å². The van der Waals surface area contributed by atoms with Crippen molar-refractivity contribution in [3.63, 3.8) is 0 Å². The molecule has 0 atom stereocenters. The molecule has 3 N–H and O–H groups in total. The van der Waals surface area contributed by atoms with Gasteiger partial charge in [-0.3, -0.25) is 0 Å². The predicted octanol–water partition coefficient (Wildman–Crippen LogP) is 1.64. The standard InChI is InChI=1S/C11H14ClNO4/c12-8-6-9-11(16-4-1-3-15-9)7(10(8)14)2-5-17-13/h6,14H,1-5,13H2. The van der Waals surface area contributed by atoms with Crippen LogP contribution in [0.2, 0.25) is 5.02 Å². The highest BCUT2D eigenvalue weighted by Gasteiger charge is 2.21. The lowest BCUT2D eigenvalue weighted by molar-refractivity contribution is 0.140. The van der Waals surface area contributed by atoms with Gasteiger partial charge in [0.2, 0.25) is 0 Å². The van der Waals surface area contributed by atoms with Crippen LogP contribution in [0.4, 0.5) is 0 Å². The summed E-state index contributed by atoms with van der Waals surface area (Å²) in [6.07, 6.45) is 1.20. The van der Waals surface area contributed by atoms with Gasteiger partial charge in [-0.15, -0.1) is 0 Å². The molecule has 5 nitrogen and oxygen atoms in total. The van der Waals surface area contributed by atoms with Crippen molar-refractivity contribution in [2.75, 3.05) is 19.8 Å². The number of benzene rings is 1. The lowest BCUT2D eigenvalue weighted by atomic mass is 10.1. The van der Waals surface area contributed by atoms with Crippen LogP contribution >= 0.6 is 11.6 Å². The number of rotatable bonds is 3. The fourth-order valence-corrected chi connectivity index (χ4v) is 1.94. The number of phenols is 1. The van der Waals surface area contributed by atoms with Crippen molar-refractivity contribution in [1.82, 2.24) is 0 Å². The number of fused-ring (bicyclic) bond motifs is 1. The summed E-state index contributed by atoms with van der Waals surface area (Å²) >= 11 is 5.93. The predicted molar refractivity (Wildman–Crippen MR) is 62.6 cm³/mol. The van der Waals surface area contributed by atoms with Gasteiger partial charge in [0.05, 0.1) is 24.8 Å². The van der Waals surface area contributed by atoms with Gasteiger partial charge in [-0.25, -0.2) is 5.90 Å². The van der Waals surface area contributed by atoms with E-state index >= 15 is 0 Å². The first-order valence-corrected chi connectivity index (χ1v) is 5.73. The molecule has 2 rings (SSSR count). The highest BCUT2D eigenvalue weighted by Crippen LogP contribution is 2.43. The van der Waals surface area contributed by atoms with Crippen LogP contribution in [0.3, 0.4) is 0 Å². The molecular formula is C11H14ClNO4. The Bertz CT molecular complexity index is 411. The Hall–Kier alpha value is -1.17. The summed E-state index contributed by atoms with van der Waals surface area (Å²) in [5.41, 5.74) is 0.569. The molecular weight excluding hydrogens is 246 g/mol. The topological polar surface area (TPSA) is 73.9 Å². The molecule has 0 aliphatic carbocycles. The number of halogens is 1. The Balaban J connectivity index is 2.42. The van der Waals surface area contributed by atoms with Gasteiger partial charge in [0.15, 0.2) is 11.5 Å². The average molecular weight is 260 g/mol. The van der Waals surface area contributed by atoms with Crippen molar-refractivity contribution in [3.8, 4) is 17.2 Å². The van der Waals surface area contributed by atoms with Crippen molar-refractivity contribution in [3.05, 3.63) is 16.7 Å². The van der Waals surface area contributed by atoms with E-state index in [1.165, 1.54) is 0 Å². The Morgan fingerprint density at radius 3 is 2.94 bits per heavy atom. The van der Waals surface area contributed by atoms with E-state index in [2.05, 4.69) is 4.84 Å². The summed E-state index contributed by atoms with van der Waals surface area (Å²) in [6, 6.07) is 1.56. The fourth-order valence-electron chi connectivity index (χ4n) is 1.72. The second kappa shape index (κ2) is 5.44. The van der Waals surface area contributed by atoms with E-state index in [0.717, 1.165) is 6.42 Å². The molecule has 0 radical (unpaired) electrons. The molecule has 0 unspecified atom stereocenters. The smallest absolute Gasteiger partial charge is 0.168 e. The quantitative estimate of drug-likeness (QED) is 0.808. The van der Waals surface area contributed by atoms with Gasteiger partial charge in [-0.1, -0.05) is 11.6 Å². The molecule has 0 fully saturated rings. The van der Waals surface area contributed by atoms with Crippen molar-refractivity contribution in [1.29, 1.82) is 0 Å². The number of hydrogen-bond acceptors (Lipinski definition) is 5. The first-order valence-electron chi connectivity index (χ1n) is 5.35. The first kappa shape index (κ1) is 12.3. The average Bonchev–Trinajstić information content (AvgIpc) is 2.55. The lowest BCUT2D eigenvalue weighted by Gasteiger charge is -2.14. The van der Waals surface area contributed by atoms with Crippen molar-refractivity contribution in [2.45, 2.75) is 12.8 Å². The summed E-state index contributed by atoms with van der Waals surface area (Å²) < 4.78 is 11.1. The van der Waals surface area contributed by atoms with E-state index in [1.54, 1.807) is 6.07 Å². The van der Waals surface area contributed by atoms with Crippen LogP contribution in [-0.2, 0) is 11.3 Å². The van der Waals surface area contributed by atoms with E-state index in [1.807, 2.05) is 0 Å². The molecule has 0 saturated carbocycles. The van der Waals surface area contributed by atoms with Crippen LogP contribution in [0.15, 0.2) is 6.07 Å². The van der Waals surface area contributed by atoms with Gasteiger partial charge in [0.1, 0.15) is 5.75 Å². The number of aromatic hydroxyl groups is 1. The highest BCUT2D eigenvalue weighted by molar-refractivity contribution is 6.32. The lowest BCUT2D eigenvalue weighted by Crippen LogP contribution is -2.06. The Morgan fingerprint density at radius 2 is 2.18 bits per heavy atom. The molecule has 6 heteroatoms. The molecule has 0 bridgehead atoms. The highest BCUT2D eigenvalue weighted by atomic mass is 35.5. The minimum absolute atomic E-state index is 0.00651. The molecule has 0 saturated heterocycles. The van der Waals surface area contributed by atoms with Crippen molar-refractivity contribution >= 4 is 11.6 Å². The third-order valence-corrected chi connectivity index (χ3v) is 2.82. The second-order valence-corrected chi connectivity index (χ2v) is 4.09. The summed E-state index contributed by atoms with van der Waals surface area (Å²) in [7, 11) is 0. The number of nitrogens with two attached hydrogens (primary N) is 1. The molecule has 1 aliphatic rings. The molecule has 1 heterocycles. The van der Waals surface area contributed by atoms with Gasteiger partial charge in [0.25, 0.3) is 0 Å². The van der Waals surface area contributed by atoms with Gasteiger partial charge < -0.3 is 19.4 Å². The van der Waals surface area contributed by atoms with Crippen LogP contribution in [0.1, 0.15) is 12.0 Å². The van der Waals surface area contributed by atoms with E-state index in [-0.39, 0.29) is 17.4 Å². The zero-order chi connectivity index (χ0) is 12.3. The van der Waals surface area contributed by atoms with E-state index < -0.39 is 0 Å². The van der Waals surface area contributed by atoms with E-state index in [9.17, 15) is 5.11 Å². The molecule has 0 amide bonds. The summed E-state index contributed by atoms with van der Waals surface area (Å²) in [5.74, 6) is 6.06. The van der Waals surface area contributed by atoms with Gasteiger partial charge in [-0.2, -0.15) is 0 Å². The maximum atomic E-state index is 9.91. The van der Waals surface area contributed by atoms with Crippen LogP contribution in [0.25, 0.3) is 0 Å². The van der Waals surface area contributed by atoms with Crippen LogP contribution < -0.4 is 15.4 Å². The van der Waals surface area contributed by atoms with Gasteiger partial charge in [0, 0.05) is 24.5 Å². The largest absolute Gasteiger partial charge is 0.506 e. The van der Waals surface area contributed by atoms with Crippen LogP contribution in [-0.4, -0.2) is 24.9 Å². The zero-order valence-corrected chi connectivity index (χ0v) is 10.00. The molecule has 1 aliphatic heterocycles. The van der Waals surface area contributed by atoms with Crippen molar-refractivity contribution < 1.29 is 19.4 Å². The molecule has 0 aromatic heterocycles. The number of phenolic OH excluding ortho intramolecular Hbond substituents is 1. The minimum Gasteiger partial charge on any atom is -0.506 e. The SMILES string of the molecule is NOCCc1c(O)c(Cl)cc2c1OCCCO2. The molecule has 0 spiro atoms. The van der Waals surface area contributed by atoms with Gasteiger partial charge in [-0.05, 0) is 0 Å². The Kier molecular flexibility index (Phi) is 3.93. The van der Waals surface area contributed by atoms with Crippen LogP contribution in [0.5, 0.6) is 17.2 Å². The summed E-state index contributed by atoms with van der Waals surface area (Å²) in [4.78, 5) is 4.51. The number of ether oxygens (including phenoxy) is 2. The van der Waals surface area contributed by atoms with Crippen molar-refractivity contribution in [2.24, 2.45) is 5.90 Å². The second-order valence-electron chi connectivity index (χ2n) is 3.68.